The van der Waals surface area contributed by atoms with E-state index in [1.165, 1.54) is 7.11 Å². The number of esters is 1. The molecule has 8 nitrogen and oxygen atoms in total. The maximum absolute atomic E-state index is 13.1. The third-order valence-corrected chi connectivity index (χ3v) is 6.07. The molecular formula is C24H36N2O6. The van der Waals surface area contributed by atoms with Crippen LogP contribution in [0.3, 0.4) is 0 Å². The summed E-state index contributed by atoms with van der Waals surface area (Å²) in [6, 6.07) is 5.60. The molecule has 2 heterocycles. The number of likely N-dealkylation sites (tertiary alicyclic amines) is 1. The Balaban J connectivity index is 1.65. The zero-order valence-corrected chi connectivity index (χ0v) is 19.9. The molecule has 0 N–H and O–H groups in total. The Labute approximate surface area is 190 Å². The van der Waals surface area contributed by atoms with Gasteiger partial charge in [-0.15, -0.1) is 0 Å². The van der Waals surface area contributed by atoms with Crippen LogP contribution in [0.15, 0.2) is 18.2 Å². The molecule has 2 aliphatic heterocycles. The number of aryl methyl sites for hydroxylation is 1. The SMILES string of the molecule is COCC1CN(CC(=O)OC)CC2(CCN(C(=O)c3ccc(OC(C)C)c(C)c3)CC2)O1. The van der Waals surface area contributed by atoms with E-state index >= 15 is 0 Å². The fourth-order valence-corrected chi connectivity index (χ4v) is 4.57. The number of methoxy groups -OCH3 is 2. The van der Waals surface area contributed by atoms with E-state index in [0.29, 0.717) is 51.2 Å². The summed E-state index contributed by atoms with van der Waals surface area (Å²) < 4.78 is 22.4. The van der Waals surface area contributed by atoms with Crippen LogP contribution in [-0.4, -0.2) is 93.0 Å². The predicted molar refractivity (Wildman–Crippen MR) is 120 cm³/mol. The number of hydrogen-bond acceptors (Lipinski definition) is 7. The second-order valence-electron chi connectivity index (χ2n) is 9.06. The van der Waals surface area contributed by atoms with Crippen molar-refractivity contribution in [1.29, 1.82) is 0 Å². The van der Waals surface area contributed by atoms with Crippen LogP contribution >= 0.6 is 0 Å². The summed E-state index contributed by atoms with van der Waals surface area (Å²) in [5, 5.41) is 0. The van der Waals surface area contributed by atoms with Gasteiger partial charge < -0.3 is 23.8 Å². The number of ether oxygens (including phenoxy) is 4. The first kappa shape index (κ1) is 24.5. The van der Waals surface area contributed by atoms with Crippen molar-refractivity contribution in [2.45, 2.75) is 51.4 Å². The van der Waals surface area contributed by atoms with Crippen molar-refractivity contribution in [3.05, 3.63) is 29.3 Å². The molecule has 1 unspecified atom stereocenters. The van der Waals surface area contributed by atoms with Gasteiger partial charge in [-0.1, -0.05) is 0 Å². The molecule has 178 valence electrons. The lowest BCUT2D eigenvalue weighted by atomic mass is 9.88. The maximum atomic E-state index is 13.1. The molecule has 2 aliphatic rings. The van der Waals surface area contributed by atoms with E-state index < -0.39 is 5.60 Å². The molecule has 1 amide bonds. The van der Waals surface area contributed by atoms with Gasteiger partial charge in [0.2, 0.25) is 0 Å². The van der Waals surface area contributed by atoms with E-state index in [4.69, 9.17) is 18.9 Å². The summed E-state index contributed by atoms with van der Waals surface area (Å²) >= 11 is 0. The largest absolute Gasteiger partial charge is 0.491 e. The van der Waals surface area contributed by atoms with Gasteiger partial charge in [-0.2, -0.15) is 0 Å². The van der Waals surface area contributed by atoms with Crippen molar-refractivity contribution in [2.24, 2.45) is 0 Å². The van der Waals surface area contributed by atoms with Crippen molar-refractivity contribution in [1.82, 2.24) is 9.80 Å². The fraction of sp³-hybridized carbons (Fsp3) is 0.667. The molecule has 32 heavy (non-hydrogen) atoms. The molecule has 1 atom stereocenters. The molecule has 3 rings (SSSR count). The van der Waals surface area contributed by atoms with E-state index in [1.54, 1.807) is 7.11 Å². The van der Waals surface area contributed by atoms with Gasteiger partial charge in [0.25, 0.3) is 5.91 Å². The van der Waals surface area contributed by atoms with E-state index in [-0.39, 0.29) is 30.6 Å². The highest BCUT2D eigenvalue weighted by molar-refractivity contribution is 5.94. The Bertz CT molecular complexity index is 804. The molecule has 1 aromatic rings. The van der Waals surface area contributed by atoms with Crippen LogP contribution in [0.5, 0.6) is 5.75 Å². The summed E-state index contributed by atoms with van der Waals surface area (Å²) in [7, 11) is 3.05. The lowest BCUT2D eigenvalue weighted by molar-refractivity contribution is -0.188. The van der Waals surface area contributed by atoms with E-state index in [0.717, 1.165) is 11.3 Å². The minimum Gasteiger partial charge on any atom is -0.491 e. The summed E-state index contributed by atoms with van der Waals surface area (Å²) in [6.07, 6.45) is 1.40. The molecule has 0 radical (unpaired) electrons. The van der Waals surface area contributed by atoms with Crippen molar-refractivity contribution < 1.29 is 28.5 Å². The smallest absolute Gasteiger partial charge is 0.319 e. The summed E-state index contributed by atoms with van der Waals surface area (Å²) in [5.74, 6) is 0.570. The van der Waals surface area contributed by atoms with Crippen molar-refractivity contribution in [3.63, 3.8) is 0 Å². The Hall–Kier alpha value is -2.16. The number of benzene rings is 1. The van der Waals surface area contributed by atoms with Crippen molar-refractivity contribution >= 4 is 11.9 Å². The number of amides is 1. The maximum Gasteiger partial charge on any atom is 0.319 e. The molecule has 2 fully saturated rings. The average molecular weight is 449 g/mol. The van der Waals surface area contributed by atoms with E-state index in [1.807, 2.05) is 43.9 Å². The normalized spacial score (nSPS) is 21.1. The first-order valence-corrected chi connectivity index (χ1v) is 11.3. The van der Waals surface area contributed by atoms with Crippen LogP contribution in [-0.2, 0) is 19.0 Å². The van der Waals surface area contributed by atoms with Gasteiger partial charge in [-0.05, 0) is 57.4 Å². The summed E-state index contributed by atoms with van der Waals surface area (Å²) in [5.41, 5.74) is 1.23. The zero-order chi connectivity index (χ0) is 23.3. The van der Waals surface area contributed by atoms with Gasteiger partial charge in [0.1, 0.15) is 5.75 Å². The third kappa shape index (κ3) is 5.99. The van der Waals surface area contributed by atoms with E-state index in [2.05, 4.69) is 4.90 Å². The predicted octanol–water partition coefficient (Wildman–Crippen LogP) is 2.28. The standard InChI is InChI=1S/C24H36N2O6/c1-17(2)31-21-7-6-19(12-18(21)3)23(28)26-10-8-24(9-11-26)16-25(14-22(27)30-5)13-20(32-24)15-29-4/h6-7,12,17,20H,8-11,13-16H2,1-5H3. The van der Waals surface area contributed by atoms with Crippen molar-refractivity contribution in [3.8, 4) is 5.75 Å². The number of hydrogen-bond donors (Lipinski definition) is 0. The van der Waals surface area contributed by atoms with Crippen LogP contribution in [0.1, 0.15) is 42.6 Å². The highest BCUT2D eigenvalue weighted by atomic mass is 16.5. The molecular weight excluding hydrogens is 412 g/mol. The highest BCUT2D eigenvalue weighted by Crippen LogP contribution is 2.33. The number of nitrogens with zero attached hydrogens (tertiary/aromatic N) is 2. The minimum atomic E-state index is -0.392. The number of carbonyl (C=O) groups excluding carboxylic acids is 2. The third-order valence-electron chi connectivity index (χ3n) is 6.07. The van der Waals surface area contributed by atoms with Gasteiger partial charge in [-0.25, -0.2) is 0 Å². The number of morpholine rings is 1. The van der Waals surface area contributed by atoms with Crippen LogP contribution in [0.2, 0.25) is 0 Å². The van der Waals surface area contributed by atoms with Crippen LogP contribution < -0.4 is 4.74 Å². The average Bonchev–Trinajstić information content (AvgIpc) is 2.75. The molecule has 8 heteroatoms. The second-order valence-corrected chi connectivity index (χ2v) is 9.06. The van der Waals surface area contributed by atoms with Crippen LogP contribution in [0.4, 0.5) is 0 Å². The Kier molecular flexibility index (Phi) is 8.14. The molecule has 1 spiro atoms. The quantitative estimate of drug-likeness (QED) is 0.592. The zero-order valence-electron chi connectivity index (χ0n) is 19.9. The fourth-order valence-electron chi connectivity index (χ4n) is 4.57. The Morgan fingerprint density at radius 3 is 2.53 bits per heavy atom. The van der Waals surface area contributed by atoms with Crippen molar-refractivity contribution in [2.75, 3.05) is 53.6 Å². The lowest BCUT2D eigenvalue weighted by Crippen LogP contribution is -2.61. The van der Waals surface area contributed by atoms with Gasteiger partial charge in [0.05, 0.1) is 38.1 Å². The molecule has 0 bridgehead atoms. The van der Waals surface area contributed by atoms with Gasteiger partial charge in [0.15, 0.2) is 0 Å². The van der Waals surface area contributed by atoms with E-state index in [9.17, 15) is 9.59 Å². The minimum absolute atomic E-state index is 0.0229. The number of piperidine rings is 1. The molecule has 2 saturated heterocycles. The van der Waals surface area contributed by atoms with Crippen LogP contribution in [0, 0.1) is 6.92 Å². The van der Waals surface area contributed by atoms with Gasteiger partial charge in [-0.3, -0.25) is 14.5 Å². The lowest BCUT2D eigenvalue weighted by Gasteiger charge is -2.49. The molecule has 0 saturated carbocycles. The monoisotopic (exact) mass is 448 g/mol. The number of rotatable bonds is 7. The second kappa shape index (κ2) is 10.6. The van der Waals surface area contributed by atoms with Gasteiger partial charge >= 0.3 is 5.97 Å². The van der Waals surface area contributed by atoms with Gasteiger partial charge in [0, 0.05) is 38.9 Å². The Morgan fingerprint density at radius 1 is 1.22 bits per heavy atom. The first-order chi connectivity index (χ1) is 15.2. The topological polar surface area (TPSA) is 77.5 Å². The molecule has 0 aromatic heterocycles. The summed E-state index contributed by atoms with van der Waals surface area (Å²) in [4.78, 5) is 28.9. The summed E-state index contributed by atoms with van der Waals surface area (Å²) in [6.45, 7) is 9.10. The highest BCUT2D eigenvalue weighted by Gasteiger charge is 2.44. The first-order valence-electron chi connectivity index (χ1n) is 11.3. The Morgan fingerprint density at radius 2 is 1.94 bits per heavy atom. The molecule has 0 aliphatic carbocycles. The number of carbonyl (C=O) groups is 2. The molecule has 1 aromatic carbocycles. The van der Waals surface area contributed by atoms with Crippen LogP contribution in [0.25, 0.3) is 0 Å².